The van der Waals surface area contributed by atoms with Crippen LogP contribution in [0.25, 0.3) is 5.57 Å². The number of allylic oxidation sites excluding steroid dienone is 1. The molecule has 1 aliphatic rings. The maximum Gasteiger partial charge on any atom is 0.251 e. The van der Waals surface area contributed by atoms with Crippen molar-refractivity contribution in [2.24, 2.45) is 0 Å². The van der Waals surface area contributed by atoms with E-state index < -0.39 is 24.4 Å². The molecular formula is C20H15ClFN3O3. The fourth-order valence-corrected chi connectivity index (χ4v) is 3.20. The second-order valence-electron chi connectivity index (χ2n) is 6.30. The van der Waals surface area contributed by atoms with Gasteiger partial charge in [0.05, 0.1) is 6.61 Å². The topological polar surface area (TPSA) is 88.2 Å². The number of amides is 1. The lowest BCUT2D eigenvalue weighted by atomic mass is 10.1. The van der Waals surface area contributed by atoms with Gasteiger partial charge in [-0.05, 0) is 53.9 Å². The Balaban J connectivity index is 1.54. The fourth-order valence-electron chi connectivity index (χ4n) is 3.03. The molecule has 1 atom stereocenters. The van der Waals surface area contributed by atoms with E-state index in [-0.39, 0.29) is 11.5 Å². The number of carbonyl (C=O) groups is 1. The lowest BCUT2D eigenvalue weighted by Crippen LogP contribution is -2.31. The molecule has 0 saturated heterocycles. The van der Waals surface area contributed by atoms with E-state index in [2.05, 4.69) is 15.5 Å². The third-order valence-corrected chi connectivity index (χ3v) is 4.70. The average Bonchev–Trinajstić information content (AvgIpc) is 3.33. The first-order valence-electron chi connectivity index (χ1n) is 8.55. The Labute approximate surface area is 164 Å². The Morgan fingerprint density at radius 3 is 2.82 bits per heavy atom. The number of carbonyl (C=O) groups excluding carboxylic acids is 1. The van der Waals surface area contributed by atoms with Gasteiger partial charge in [-0.15, -0.1) is 0 Å². The summed E-state index contributed by atoms with van der Waals surface area (Å²) in [6.07, 6.45) is 2.71. The molecule has 0 aliphatic heterocycles. The minimum atomic E-state index is -0.889. The summed E-state index contributed by atoms with van der Waals surface area (Å²) in [7, 11) is 0. The van der Waals surface area contributed by atoms with Gasteiger partial charge in [0.25, 0.3) is 11.8 Å². The second-order valence-corrected chi connectivity index (χ2v) is 6.73. The molecule has 28 heavy (non-hydrogen) atoms. The molecule has 1 heterocycles. The van der Waals surface area contributed by atoms with Gasteiger partial charge in [-0.1, -0.05) is 28.9 Å². The third kappa shape index (κ3) is 3.54. The highest BCUT2D eigenvalue weighted by atomic mass is 35.5. The first-order chi connectivity index (χ1) is 13.5. The van der Waals surface area contributed by atoms with Gasteiger partial charge in [0.1, 0.15) is 11.9 Å². The zero-order chi connectivity index (χ0) is 19.7. The van der Waals surface area contributed by atoms with E-state index in [1.54, 1.807) is 0 Å². The number of hydrogen-bond donors (Lipinski definition) is 2. The first-order valence-corrected chi connectivity index (χ1v) is 8.93. The van der Waals surface area contributed by atoms with Crippen LogP contribution in [0.1, 0.15) is 39.2 Å². The van der Waals surface area contributed by atoms with E-state index in [1.807, 2.05) is 24.3 Å². The molecule has 4 rings (SSSR count). The molecule has 0 fully saturated rings. The number of halogens is 2. The molecule has 1 aromatic heterocycles. The molecule has 8 heteroatoms. The normalized spacial score (nSPS) is 13.8. The molecule has 2 aromatic carbocycles. The van der Waals surface area contributed by atoms with Gasteiger partial charge in [0.15, 0.2) is 0 Å². The maximum absolute atomic E-state index is 13.0. The highest BCUT2D eigenvalue weighted by Gasteiger charge is 2.25. The van der Waals surface area contributed by atoms with Crippen molar-refractivity contribution in [2.45, 2.75) is 12.5 Å². The lowest BCUT2D eigenvalue weighted by Gasteiger charge is -2.12. The summed E-state index contributed by atoms with van der Waals surface area (Å²) >= 11 is 6.08. The number of nitrogens with one attached hydrogen (secondary N) is 1. The predicted molar refractivity (Wildman–Crippen MR) is 100 cm³/mol. The van der Waals surface area contributed by atoms with E-state index >= 15 is 0 Å². The number of fused-ring (bicyclic) bond motifs is 1. The number of hydrogen-bond acceptors (Lipinski definition) is 5. The molecular weight excluding hydrogens is 385 g/mol. The van der Waals surface area contributed by atoms with E-state index in [1.165, 1.54) is 24.3 Å². The van der Waals surface area contributed by atoms with Crippen molar-refractivity contribution < 1.29 is 18.8 Å². The van der Waals surface area contributed by atoms with Crippen molar-refractivity contribution in [1.29, 1.82) is 0 Å². The van der Waals surface area contributed by atoms with Crippen LogP contribution < -0.4 is 5.32 Å². The van der Waals surface area contributed by atoms with Crippen LogP contribution in [0.2, 0.25) is 5.02 Å². The fraction of sp³-hybridized carbons (Fsp3) is 0.150. The van der Waals surface area contributed by atoms with Gasteiger partial charge in [0.2, 0.25) is 5.82 Å². The van der Waals surface area contributed by atoms with E-state index in [0.29, 0.717) is 10.8 Å². The lowest BCUT2D eigenvalue weighted by molar-refractivity contribution is 0.0901. The molecule has 0 spiro atoms. The van der Waals surface area contributed by atoms with Crippen LogP contribution in [0.5, 0.6) is 0 Å². The molecule has 3 aromatic rings. The van der Waals surface area contributed by atoms with E-state index in [0.717, 1.165) is 23.1 Å². The highest BCUT2D eigenvalue weighted by molar-refractivity contribution is 6.30. The summed E-state index contributed by atoms with van der Waals surface area (Å²) < 4.78 is 18.3. The molecule has 1 amide bonds. The zero-order valence-electron chi connectivity index (χ0n) is 14.5. The Morgan fingerprint density at radius 2 is 2.07 bits per heavy atom. The van der Waals surface area contributed by atoms with Crippen molar-refractivity contribution in [2.75, 3.05) is 6.61 Å². The summed E-state index contributed by atoms with van der Waals surface area (Å²) in [6, 6.07) is 9.79. The van der Waals surface area contributed by atoms with Gasteiger partial charge in [-0.2, -0.15) is 4.98 Å². The smallest absolute Gasteiger partial charge is 0.251 e. The molecule has 1 aliphatic carbocycles. The van der Waals surface area contributed by atoms with E-state index in [9.17, 15) is 14.3 Å². The van der Waals surface area contributed by atoms with Crippen LogP contribution in [-0.4, -0.2) is 27.8 Å². The molecule has 2 N–H and O–H groups in total. The quantitative estimate of drug-likeness (QED) is 0.687. The number of aliphatic hydroxyl groups is 1. The summed E-state index contributed by atoms with van der Waals surface area (Å²) in [5.41, 5.74) is 3.07. The Bertz CT molecular complexity index is 1060. The van der Waals surface area contributed by atoms with Crippen molar-refractivity contribution in [3.05, 3.63) is 87.8 Å². The molecule has 0 radical (unpaired) electrons. The second kappa shape index (κ2) is 7.53. The van der Waals surface area contributed by atoms with Crippen LogP contribution >= 0.6 is 11.6 Å². The standard InChI is InChI=1S/C20H15ClFN3O3/c21-13-5-1-11-4-8-15(16(11)9-13)18-24-20(28-25-18)17(10-26)23-19(27)12-2-6-14(22)7-3-12/h1-3,5-9,17,26H,4,10H2,(H,23,27)/t17-/m0/s1. The van der Waals surface area contributed by atoms with Crippen LogP contribution in [-0.2, 0) is 6.42 Å². The summed E-state index contributed by atoms with van der Waals surface area (Å²) in [5, 5.41) is 16.8. The molecule has 0 bridgehead atoms. The monoisotopic (exact) mass is 399 g/mol. The number of aromatic nitrogens is 2. The Morgan fingerprint density at radius 1 is 1.29 bits per heavy atom. The SMILES string of the molecule is O=C(N[C@@H](CO)c1nc(C2=CCc3ccc(Cl)cc32)no1)c1ccc(F)cc1. The Hall–Kier alpha value is -3.03. The average molecular weight is 400 g/mol. The summed E-state index contributed by atoms with van der Waals surface area (Å²) in [4.78, 5) is 16.6. The van der Waals surface area contributed by atoms with Crippen molar-refractivity contribution >= 4 is 23.1 Å². The summed E-state index contributed by atoms with van der Waals surface area (Å²) in [6.45, 7) is -0.434. The molecule has 0 saturated carbocycles. The van der Waals surface area contributed by atoms with Gasteiger partial charge in [0, 0.05) is 16.2 Å². The van der Waals surface area contributed by atoms with Crippen LogP contribution in [0.3, 0.4) is 0 Å². The minimum absolute atomic E-state index is 0.0735. The number of nitrogens with zero attached hydrogens (tertiary/aromatic N) is 2. The summed E-state index contributed by atoms with van der Waals surface area (Å²) in [5.74, 6) is -0.507. The Kier molecular flexibility index (Phi) is 4.93. The zero-order valence-corrected chi connectivity index (χ0v) is 15.3. The van der Waals surface area contributed by atoms with Gasteiger partial charge < -0.3 is 14.9 Å². The highest BCUT2D eigenvalue weighted by Crippen LogP contribution is 2.33. The van der Waals surface area contributed by atoms with Crippen LogP contribution in [0.15, 0.2) is 53.1 Å². The van der Waals surface area contributed by atoms with Crippen molar-refractivity contribution in [3.8, 4) is 0 Å². The number of rotatable bonds is 5. The van der Waals surface area contributed by atoms with Gasteiger partial charge in [-0.25, -0.2) is 4.39 Å². The van der Waals surface area contributed by atoms with Crippen molar-refractivity contribution in [3.63, 3.8) is 0 Å². The third-order valence-electron chi connectivity index (χ3n) is 4.46. The van der Waals surface area contributed by atoms with Crippen LogP contribution in [0.4, 0.5) is 4.39 Å². The van der Waals surface area contributed by atoms with Gasteiger partial charge >= 0.3 is 0 Å². The predicted octanol–water partition coefficient (Wildman–Crippen LogP) is 3.31. The number of aliphatic hydroxyl groups excluding tert-OH is 1. The van der Waals surface area contributed by atoms with Gasteiger partial charge in [-0.3, -0.25) is 4.79 Å². The van der Waals surface area contributed by atoms with E-state index in [4.69, 9.17) is 16.1 Å². The molecule has 142 valence electrons. The minimum Gasteiger partial charge on any atom is -0.394 e. The van der Waals surface area contributed by atoms with Crippen molar-refractivity contribution in [1.82, 2.24) is 15.5 Å². The van der Waals surface area contributed by atoms with Crippen LogP contribution in [0, 0.1) is 5.82 Å². The number of benzene rings is 2. The maximum atomic E-state index is 13.0. The first kappa shape index (κ1) is 18.3. The largest absolute Gasteiger partial charge is 0.394 e. The molecule has 6 nitrogen and oxygen atoms in total. The molecule has 0 unspecified atom stereocenters.